The molecule has 0 saturated carbocycles. The van der Waals surface area contributed by atoms with E-state index in [1.807, 2.05) is 0 Å². The Morgan fingerprint density at radius 2 is 2.00 bits per heavy atom. The van der Waals surface area contributed by atoms with Gasteiger partial charge in [0, 0.05) is 11.9 Å². The number of thiol groups is 1. The first kappa shape index (κ1) is 10.3. The summed E-state index contributed by atoms with van der Waals surface area (Å²) in [6, 6.07) is 0. The van der Waals surface area contributed by atoms with Crippen LogP contribution in [0.5, 0.6) is 0 Å². The zero-order valence-electron chi connectivity index (χ0n) is 6.71. The van der Waals surface area contributed by atoms with Crippen molar-refractivity contribution in [1.29, 1.82) is 0 Å². The molecule has 0 heterocycles. The molecule has 1 N–H and O–H groups in total. The van der Waals surface area contributed by atoms with E-state index in [1.54, 1.807) is 0 Å². The summed E-state index contributed by atoms with van der Waals surface area (Å²) in [5, 5.41) is 8.96. The highest BCUT2D eigenvalue weighted by Crippen LogP contribution is 2.10. The average Bonchev–Trinajstić information content (AvgIpc) is 1.89. The van der Waals surface area contributed by atoms with Crippen LogP contribution in [0.2, 0.25) is 0 Å². The normalized spacial score (nSPS) is 13.5. The van der Waals surface area contributed by atoms with Gasteiger partial charge in [-0.2, -0.15) is 12.6 Å². The minimum Gasteiger partial charge on any atom is -0.396 e. The van der Waals surface area contributed by atoms with Crippen LogP contribution in [-0.4, -0.2) is 17.0 Å². The Morgan fingerprint density at radius 1 is 1.30 bits per heavy atom. The van der Waals surface area contributed by atoms with E-state index in [0.29, 0.717) is 5.25 Å². The van der Waals surface area contributed by atoms with Crippen molar-refractivity contribution in [3.05, 3.63) is 0 Å². The predicted octanol–water partition coefficient (Wildman–Crippen LogP) is 2.25. The maximum absolute atomic E-state index is 8.54. The average molecular weight is 162 g/mol. The molecule has 2 heteroatoms. The molecule has 0 rings (SSSR count). The lowest BCUT2D eigenvalue weighted by Gasteiger charge is -2.06. The molecule has 0 aliphatic heterocycles. The van der Waals surface area contributed by atoms with Gasteiger partial charge in [0.05, 0.1) is 0 Å². The third kappa shape index (κ3) is 6.43. The number of hydrogen-bond acceptors (Lipinski definition) is 2. The number of hydrogen-bond donors (Lipinski definition) is 2. The first-order chi connectivity index (χ1) is 4.81. The van der Waals surface area contributed by atoms with Crippen molar-refractivity contribution < 1.29 is 5.11 Å². The van der Waals surface area contributed by atoms with E-state index in [2.05, 4.69) is 19.6 Å². The summed E-state index contributed by atoms with van der Waals surface area (Å²) in [7, 11) is 0. The highest BCUT2D eigenvalue weighted by Gasteiger charge is 1.99. The fourth-order valence-corrected chi connectivity index (χ4v) is 1.22. The molecule has 10 heavy (non-hydrogen) atoms. The van der Waals surface area contributed by atoms with Crippen molar-refractivity contribution in [2.75, 3.05) is 6.61 Å². The van der Waals surface area contributed by atoms with Crippen LogP contribution in [-0.2, 0) is 0 Å². The molecule has 0 saturated heterocycles. The Labute approximate surface area is 69.2 Å². The third-order valence-corrected chi connectivity index (χ3v) is 2.12. The molecule has 0 amide bonds. The Bertz CT molecular complexity index is 66.3. The van der Waals surface area contributed by atoms with Crippen LogP contribution in [0.1, 0.15) is 39.0 Å². The molecule has 0 aromatic carbocycles. The minimum absolute atomic E-state index is 0.278. The van der Waals surface area contributed by atoms with Gasteiger partial charge in [-0.25, -0.2) is 0 Å². The maximum atomic E-state index is 8.54. The van der Waals surface area contributed by atoms with E-state index in [9.17, 15) is 0 Å². The minimum atomic E-state index is 0.278. The third-order valence-electron chi connectivity index (χ3n) is 1.60. The molecule has 1 atom stereocenters. The Kier molecular flexibility index (Phi) is 7.65. The fourth-order valence-electron chi connectivity index (χ4n) is 0.923. The quantitative estimate of drug-likeness (QED) is 0.453. The molecule has 0 radical (unpaired) electrons. The number of rotatable bonds is 6. The Balaban J connectivity index is 2.97. The van der Waals surface area contributed by atoms with Gasteiger partial charge in [-0.1, -0.05) is 26.2 Å². The molecular formula is C8H18OS. The second kappa shape index (κ2) is 7.42. The van der Waals surface area contributed by atoms with E-state index in [4.69, 9.17) is 5.11 Å². The van der Waals surface area contributed by atoms with Crippen molar-refractivity contribution in [2.24, 2.45) is 0 Å². The van der Waals surface area contributed by atoms with Gasteiger partial charge in [-0.15, -0.1) is 0 Å². The topological polar surface area (TPSA) is 20.2 Å². The van der Waals surface area contributed by atoms with Gasteiger partial charge >= 0.3 is 0 Å². The molecule has 0 aromatic rings. The first-order valence-electron chi connectivity index (χ1n) is 4.10. The van der Waals surface area contributed by atoms with Crippen LogP contribution in [0.15, 0.2) is 0 Å². The molecule has 0 bridgehead atoms. The van der Waals surface area contributed by atoms with E-state index in [-0.39, 0.29) is 6.61 Å². The standard InChI is InChI=1S/C8H18OS/c1-2-3-4-5-8(10)6-7-9/h8-10H,2-7H2,1H3/t8-/m0/s1. The van der Waals surface area contributed by atoms with Gasteiger partial charge in [0.25, 0.3) is 0 Å². The van der Waals surface area contributed by atoms with Crippen LogP contribution in [0.3, 0.4) is 0 Å². The summed E-state index contributed by atoms with van der Waals surface area (Å²) in [6.07, 6.45) is 5.80. The molecule has 0 unspecified atom stereocenters. The Hall–Kier alpha value is 0.310. The molecule has 1 nitrogen and oxygen atoms in total. The van der Waals surface area contributed by atoms with Gasteiger partial charge in [0.2, 0.25) is 0 Å². The summed E-state index contributed by atoms with van der Waals surface area (Å²) in [5.41, 5.74) is 0. The largest absolute Gasteiger partial charge is 0.396 e. The molecule has 0 spiro atoms. The second-order valence-electron chi connectivity index (χ2n) is 2.66. The SMILES string of the molecule is CCCCC[C@H](S)CCO. The number of unbranched alkanes of at least 4 members (excludes halogenated alkanes) is 2. The summed E-state index contributed by atoms with van der Waals surface area (Å²) in [4.78, 5) is 0. The summed E-state index contributed by atoms with van der Waals surface area (Å²) in [6.45, 7) is 2.47. The van der Waals surface area contributed by atoms with Crippen LogP contribution >= 0.6 is 12.6 Å². The van der Waals surface area contributed by atoms with Crippen LogP contribution < -0.4 is 0 Å². The van der Waals surface area contributed by atoms with Crippen molar-refractivity contribution in [3.8, 4) is 0 Å². The summed E-state index contributed by atoms with van der Waals surface area (Å²) < 4.78 is 0. The lowest BCUT2D eigenvalue weighted by atomic mass is 10.1. The number of aliphatic hydroxyl groups is 1. The first-order valence-corrected chi connectivity index (χ1v) is 4.61. The lowest BCUT2D eigenvalue weighted by Crippen LogP contribution is -2.01. The predicted molar refractivity (Wildman–Crippen MR) is 48.6 cm³/mol. The van der Waals surface area contributed by atoms with Crippen LogP contribution in [0.4, 0.5) is 0 Å². The van der Waals surface area contributed by atoms with Crippen LogP contribution in [0, 0.1) is 0 Å². The van der Waals surface area contributed by atoms with Crippen molar-refractivity contribution >= 4 is 12.6 Å². The molecule has 62 valence electrons. The van der Waals surface area contributed by atoms with Crippen molar-refractivity contribution in [1.82, 2.24) is 0 Å². The summed E-state index contributed by atoms with van der Waals surface area (Å²) in [5.74, 6) is 0. The maximum Gasteiger partial charge on any atom is 0.0441 e. The monoisotopic (exact) mass is 162 g/mol. The van der Waals surface area contributed by atoms with E-state index in [1.165, 1.54) is 19.3 Å². The van der Waals surface area contributed by atoms with Gasteiger partial charge in [-0.05, 0) is 12.8 Å². The molecule has 0 aliphatic carbocycles. The number of aliphatic hydroxyl groups excluding tert-OH is 1. The smallest absolute Gasteiger partial charge is 0.0441 e. The molecule has 0 aliphatic rings. The highest BCUT2D eigenvalue weighted by atomic mass is 32.1. The molecule has 0 fully saturated rings. The fraction of sp³-hybridized carbons (Fsp3) is 1.00. The van der Waals surface area contributed by atoms with Gasteiger partial charge in [0.1, 0.15) is 0 Å². The molecule has 0 aromatic heterocycles. The molecular weight excluding hydrogens is 144 g/mol. The van der Waals surface area contributed by atoms with Gasteiger partial charge in [0.15, 0.2) is 0 Å². The van der Waals surface area contributed by atoms with Crippen molar-refractivity contribution in [2.45, 2.75) is 44.3 Å². The van der Waals surface area contributed by atoms with Crippen LogP contribution in [0.25, 0.3) is 0 Å². The highest BCUT2D eigenvalue weighted by molar-refractivity contribution is 7.80. The zero-order valence-corrected chi connectivity index (χ0v) is 7.61. The van der Waals surface area contributed by atoms with Crippen molar-refractivity contribution in [3.63, 3.8) is 0 Å². The second-order valence-corrected chi connectivity index (χ2v) is 3.39. The zero-order chi connectivity index (χ0) is 7.82. The lowest BCUT2D eigenvalue weighted by molar-refractivity contribution is 0.285. The van der Waals surface area contributed by atoms with E-state index >= 15 is 0 Å². The van der Waals surface area contributed by atoms with Gasteiger partial charge < -0.3 is 5.11 Å². The summed E-state index contributed by atoms with van der Waals surface area (Å²) >= 11 is 4.32. The Morgan fingerprint density at radius 3 is 2.50 bits per heavy atom. The van der Waals surface area contributed by atoms with E-state index in [0.717, 1.165) is 12.8 Å². The van der Waals surface area contributed by atoms with E-state index < -0.39 is 0 Å². The van der Waals surface area contributed by atoms with Gasteiger partial charge in [-0.3, -0.25) is 0 Å².